The van der Waals surface area contributed by atoms with Gasteiger partial charge in [0, 0.05) is 18.1 Å². The molecule has 0 saturated carbocycles. The number of benzene rings is 3. The lowest BCUT2D eigenvalue weighted by atomic mass is 10.0. The topological polar surface area (TPSA) is 59.4 Å². The van der Waals surface area contributed by atoms with Crippen LogP contribution in [0.2, 0.25) is 0 Å². The van der Waals surface area contributed by atoms with Crippen LogP contribution in [0, 0.1) is 0 Å². The zero-order valence-electron chi connectivity index (χ0n) is 15.2. The fourth-order valence-corrected chi connectivity index (χ4v) is 3.10. The smallest absolute Gasteiger partial charge is 0.303 e. The van der Waals surface area contributed by atoms with Crippen molar-refractivity contribution in [3.05, 3.63) is 90.5 Å². The first-order valence-electron chi connectivity index (χ1n) is 9.12. The summed E-state index contributed by atoms with van der Waals surface area (Å²) in [4.78, 5) is 15.4. The minimum absolute atomic E-state index is 0.141. The lowest BCUT2D eigenvalue weighted by Gasteiger charge is -2.08. The molecule has 28 heavy (non-hydrogen) atoms. The molecule has 1 heterocycles. The number of carboxylic acids is 1. The fraction of sp³-hybridized carbons (Fsp3) is 0.0833. The Morgan fingerprint density at radius 2 is 1.64 bits per heavy atom. The maximum atomic E-state index is 10.8. The molecule has 0 saturated heterocycles. The Morgan fingerprint density at radius 1 is 0.857 bits per heavy atom. The van der Waals surface area contributed by atoms with Gasteiger partial charge >= 0.3 is 5.97 Å². The minimum Gasteiger partial charge on any atom is -0.481 e. The lowest BCUT2D eigenvalue weighted by molar-refractivity contribution is -0.136. The molecule has 0 bridgehead atoms. The predicted octanol–water partition coefficient (Wildman–Crippen LogP) is 5.71. The van der Waals surface area contributed by atoms with E-state index in [1.165, 1.54) is 0 Å². The van der Waals surface area contributed by atoms with E-state index in [0.717, 1.165) is 33.3 Å². The van der Waals surface area contributed by atoms with Crippen LogP contribution in [0.15, 0.2) is 84.9 Å². The van der Waals surface area contributed by atoms with Crippen LogP contribution in [-0.4, -0.2) is 16.1 Å². The fourth-order valence-electron chi connectivity index (χ4n) is 3.10. The summed E-state index contributed by atoms with van der Waals surface area (Å²) >= 11 is 0. The van der Waals surface area contributed by atoms with Gasteiger partial charge in [0.15, 0.2) is 0 Å². The molecule has 4 heteroatoms. The second-order valence-corrected chi connectivity index (χ2v) is 6.57. The van der Waals surface area contributed by atoms with Crippen LogP contribution in [0.25, 0.3) is 22.0 Å². The van der Waals surface area contributed by atoms with E-state index >= 15 is 0 Å². The summed E-state index contributed by atoms with van der Waals surface area (Å²) in [6.45, 7) is 0. The third-order valence-electron chi connectivity index (χ3n) is 4.52. The predicted molar refractivity (Wildman–Crippen MR) is 110 cm³/mol. The molecule has 0 amide bonds. The molecule has 1 aromatic heterocycles. The number of para-hydroxylation sites is 1. The first-order chi connectivity index (χ1) is 13.7. The summed E-state index contributed by atoms with van der Waals surface area (Å²) in [5.41, 5.74) is 2.87. The highest BCUT2D eigenvalue weighted by molar-refractivity contribution is 5.87. The number of aromatic nitrogens is 1. The highest BCUT2D eigenvalue weighted by Gasteiger charge is 2.06. The Kier molecular flexibility index (Phi) is 5.02. The summed E-state index contributed by atoms with van der Waals surface area (Å²) in [6, 6.07) is 27.5. The number of carbonyl (C=O) groups is 1. The first-order valence-corrected chi connectivity index (χ1v) is 9.12. The average molecular weight is 369 g/mol. The number of hydrogen-bond acceptors (Lipinski definition) is 3. The molecular formula is C24H19NO3. The largest absolute Gasteiger partial charge is 0.481 e. The number of aryl methyl sites for hydroxylation is 1. The molecule has 0 aliphatic heterocycles. The van der Waals surface area contributed by atoms with Crippen LogP contribution in [0.5, 0.6) is 11.6 Å². The quantitative estimate of drug-likeness (QED) is 0.473. The monoisotopic (exact) mass is 369 g/mol. The van der Waals surface area contributed by atoms with Crippen molar-refractivity contribution in [1.29, 1.82) is 0 Å². The SMILES string of the molecule is O=C(O)CCc1ccc2cc(-c3cccc(Oc4ccccc4)n3)ccc2c1. The number of fused-ring (bicyclic) bond motifs is 1. The van der Waals surface area contributed by atoms with E-state index in [2.05, 4.69) is 11.1 Å². The van der Waals surface area contributed by atoms with E-state index in [-0.39, 0.29) is 6.42 Å². The second kappa shape index (κ2) is 7.92. The van der Waals surface area contributed by atoms with E-state index in [9.17, 15) is 4.79 Å². The van der Waals surface area contributed by atoms with Gasteiger partial charge < -0.3 is 9.84 Å². The van der Waals surface area contributed by atoms with Crippen molar-refractivity contribution >= 4 is 16.7 Å². The molecular weight excluding hydrogens is 350 g/mol. The Balaban J connectivity index is 1.59. The maximum Gasteiger partial charge on any atom is 0.303 e. The number of hydrogen-bond donors (Lipinski definition) is 1. The van der Waals surface area contributed by atoms with Crippen LogP contribution in [0.4, 0.5) is 0 Å². The molecule has 4 nitrogen and oxygen atoms in total. The van der Waals surface area contributed by atoms with Crippen LogP contribution in [0.3, 0.4) is 0 Å². The molecule has 4 rings (SSSR count). The van der Waals surface area contributed by atoms with Gasteiger partial charge in [-0.2, -0.15) is 0 Å². The van der Waals surface area contributed by atoms with Crippen molar-refractivity contribution in [3.8, 4) is 22.9 Å². The number of nitrogens with zero attached hydrogens (tertiary/aromatic N) is 1. The summed E-state index contributed by atoms with van der Waals surface area (Å²) < 4.78 is 5.83. The molecule has 4 aromatic rings. The minimum atomic E-state index is -0.779. The zero-order chi connectivity index (χ0) is 19.3. The number of rotatable bonds is 6. The van der Waals surface area contributed by atoms with E-state index in [0.29, 0.717) is 12.3 Å². The summed E-state index contributed by atoms with van der Waals surface area (Å²) in [5, 5.41) is 11.0. The Morgan fingerprint density at radius 3 is 2.46 bits per heavy atom. The summed E-state index contributed by atoms with van der Waals surface area (Å²) in [7, 11) is 0. The normalized spacial score (nSPS) is 10.7. The average Bonchev–Trinajstić information content (AvgIpc) is 2.72. The van der Waals surface area contributed by atoms with Crippen molar-refractivity contribution in [3.63, 3.8) is 0 Å². The number of aliphatic carboxylic acids is 1. The Bertz CT molecular complexity index is 1120. The third-order valence-corrected chi connectivity index (χ3v) is 4.52. The van der Waals surface area contributed by atoms with E-state index in [1.54, 1.807) is 0 Å². The van der Waals surface area contributed by atoms with Gasteiger partial charge in [-0.3, -0.25) is 4.79 Å². The molecule has 0 radical (unpaired) electrons. The van der Waals surface area contributed by atoms with Crippen molar-refractivity contribution < 1.29 is 14.6 Å². The van der Waals surface area contributed by atoms with Gasteiger partial charge in [0.2, 0.25) is 5.88 Å². The van der Waals surface area contributed by atoms with Gasteiger partial charge in [0.05, 0.1) is 5.69 Å². The van der Waals surface area contributed by atoms with Crippen LogP contribution in [0.1, 0.15) is 12.0 Å². The highest BCUT2D eigenvalue weighted by Crippen LogP contribution is 2.27. The van der Waals surface area contributed by atoms with Crippen molar-refractivity contribution in [2.75, 3.05) is 0 Å². The Hall–Kier alpha value is -3.66. The molecule has 0 aliphatic rings. The standard InChI is InChI=1S/C24H19NO3/c26-24(27)14-10-17-9-11-19-16-20(13-12-18(19)15-17)22-7-4-8-23(25-22)28-21-5-2-1-3-6-21/h1-9,11-13,15-16H,10,14H2,(H,26,27). The molecule has 0 unspecified atom stereocenters. The molecule has 1 N–H and O–H groups in total. The van der Waals surface area contributed by atoms with Gasteiger partial charge in [-0.25, -0.2) is 4.98 Å². The highest BCUT2D eigenvalue weighted by atomic mass is 16.5. The van der Waals surface area contributed by atoms with E-state index < -0.39 is 5.97 Å². The Labute approximate surface area is 163 Å². The lowest BCUT2D eigenvalue weighted by Crippen LogP contribution is -1.97. The molecule has 3 aromatic carbocycles. The molecule has 138 valence electrons. The molecule has 0 aliphatic carbocycles. The number of carboxylic acid groups (broad SMARTS) is 1. The number of ether oxygens (including phenoxy) is 1. The molecule has 0 atom stereocenters. The third kappa shape index (κ3) is 4.18. The van der Waals surface area contributed by atoms with Gasteiger partial charge in [0.1, 0.15) is 5.75 Å². The van der Waals surface area contributed by atoms with Gasteiger partial charge in [0.25, 0.3) is 0 Å². The van der Waals surface area contributed by atoms with Gasteiger partial charge in [-0.1, -0.05) is 54.6 Å². The van der Waals surface area contributed by atoms with E-state index in [4.69, 9.17) is 9.84 Å². The van der Waals surface area contributed by atoms with Crippen molar-refractivity contribution in [2.45, 2.75) is 12.8 Å². The van der Waals surface area contributed by atoms with Crippen LogP contribution >= 0.6 is 0 Å². The van der Waals surface area contributed by atoms with Crippen molar-refractivity contribution in [2.24, 2.45) is 0 Å². The van der Waals surface area contributed by atoms with Crippen molar-refractivity contribution in [1.82, 2.24) is 4.98 Å². The maximum absolute atomic E-state index is 10.8. The second-order valence-electron chi connectivity index (χ2n) is 6.57. The van der Waals surface area contributed by atoms with Gasteiger partial charge in [-0.05, 0) is 47.0 Å². The van der Waals surface area contributed by atoms with Crippen LogP contribution in [-0.2, 0) is 11.2 Å². The molecule has 0 spiro atoms. The van der Waals surface area contributed by atoms with Gasteiger partial charge in [-0.15, -0.1) is 0 Å². The number of pyridine rings is 1. The zero-order valence-corrected chi connectivity index (χ0v) is 15.2. The summed E-state index contributed by atoms with van der Waals surface area (Å²) in [6.07, 6.45) is 0.676. The first kappa shape index (κ1) is 17.7. The van der Waals surface area contributed by atoms with Crippen LogP contribution < -0.4 is 4.74 Å². The summed E-state index contributed by atoms with van der Waals surface area (Å²) in [5.74, 6) is 0.520. The molecule has 0 fully saturated rings. The van der Waals surface area contributed by atoms with E-state index in [1.807, 2.05) is 78.9 Å².